The normalized spacial score (nSPS) is 13.9. The van der Waals surface area contributed by atoms with E-state index in [0.29, 0.717) is 12.0 Å². The van der Waals surface area contributed by atoms with Crippen molar-refractivity contribution < 1.29 is 14.7 Å². The summed E-state index contributed by atoms with van der Waals surface area (Å²) in [5, 5.41) is 7.95. The minimum absolute atomic E-state index is 0.473. The van der Waals surface area contributed by atoms with Gasteiger partial charge in [0.25, 0.3) is 0 Å². The van der Waals surface area contributed by atoms with Gasteiger partial charge in [0.2, 0.25) is 5.91 Å². The smallest absolute Gasteiger partial charge is 0.321 e. The number of benzene rings is 1. The molecule has 0 saturated heterocycles. The zero-order valence-corrected chi connectivity index (χ0v) is 10.3. The predicted molar refractivity (Wildman–Crippen MR) is 67.7 cm³/mol. The Bertz CT molecular complexity index is 394. The summed E-state index contributed by atoms with van der Waals surface area (Å²) in [7, 11) is 0. The van der Waals surface area contributed by atoms with Gasteiger partial charge < -0.3 is 10.8 Å². The summed E-state index contributed by atoms with van der Waals surface area (Å²) >= 11 is 1.09. The highest BCUT2D eigenvalue weighted by atomic mass is 32.2. The van der Waals surface area contributed by atoms with E-state index < -0.39 is 22.4 Å². The van der Waals surface area contributed by atoms with Crippen LogP contribution >= 0.6 is 11.8 Å². The monoisotopic (exact) mass is 253 g/mol. The van der Waals surface area contributed by atoms with Gasteiger partial charge in [0.05, 0.1) is 5.25 Å². The maximum atomic E-state index is 11.2. The van der Waals surface area contributed by atoms with Crippen molar-refractivity contribution in [2.45, 2.75) is 23.8 Å². The van der Waals surface area contributed by atoms with Gasteiger partial charge in [-0.15, -0.1) is 11.8 Å². The van der Waals surface area contributed by atoms with Gasteiger partial charge in [0.15, 0.2) is 0 Å². The SMILES string of the molecule is CC[C@H](S[C@H](C(=O)O)c1ccccc1)C(N)=O. The molecule has 0 saturated carbocycles. The fraction of sp³-hybridized carbons (Fsp3) is 0.333. The van der Waals surface area contributed by atoms with Crippen molar-refractivity contribution in [2.75, 3.05) is 0 Å². The van der Waals surface area contributed by atoms with Gasteiger partial charge in [-0.3, -0.25) is 9.59 Å². The largest absolute Gasteiger partial charge is 0.480 e. The molecule has 0 aliphatic carbocycles. The lowest BCUT2D eigenvalue weighted by Gasteiger charge is -2.17. The van der Waals surface area contributed by atoms with E-state index in [9.17, 15) is 14.7 Å². The third kappa shape index (κ3) is 3.78. The van der Waals surface area contributed by atoms with E-state index >= 15 is 0 Å². The lowest BCUT2D eigenvalue weighted by atomic mass is 10.1. The van der Waals surface area contributed by atoms with Crippen molar-refractivity contribution in [2.24, 2.45) is 5.73 Å². The number of hydrogen-bond donors (Lipinski definition) is 2. The van der Waals surface area contributed by atoms with Crippen LogP contribution in [0.25, 0.3) is 0 Å². The Balaban J connectivity index is 2.88. The van der Waals surface area contributed by atoms with Crippen LogP contribution in [0.5, 0.6) is 0 Å². The third-order valence-corrected chi connectivity index (χ3v) is 3.96. The van der Waals surface area contributed by atoms with Gasteiger partial charge in [-0.05, 0) is 12.0 Å². The van der Waals surface area contributed by atoms with E-state index in [1.165, 1.54) is 0 Å². The molecule has 1 aromatic carbocycles. The summed E-state index contributed by atoms with van der Waals surface area (Å²) in [6.07, 6.45) is 0.524. The molecule has 4 nitrogen and oxygen atoms in total. The van der Waals surface area contributed by atoms with Crippen LogP contribution < -0.4 is 5.73 Å². The average Bonchev–Trinajstić information content (AvgIpc) is 2.30. The predicted octanol–water partition coefficient (Wildman–Crippen LogP) is 1.81. The number of aliphatic carboxylic acids is 1. The van der Waals surface area contributed by atoms with Gasteiger partial charge in [0, 0.05) is 0 Å². The molecule has 2 atom stereocenters. The molecule has 0 aromatic heterocycles. The number of carboxylic acid groups (broad SMARTS) is 1. The summed E-state index contributed by atoms with van der Waals surface area (Å²) in [6.45, 7) is 1.81. The van der Waals surface area contributed by atoms with Crippen molar-refractivity contribution >= 4 is 23.6 Å². The second-order valence-corrected chi connectivity index (χ2v) is 4.88. The van der Waals surface area contributed by atoms with Crippen LogP contribution in [0, 0.1) is 0 Å². The molecule has 0 unspecified atom stereocenters. The molecular weight excluding hydrogens is 238 g/mol. The maximum Gasteiger partial charge on any atom is 0.321 e. The number of nitrogens with two attached hydrogens (primary N) is 1. The number of amides is 1. The van der Waals surface area contributed by atoms with Crippen LogP contribution in [0.3, 0.4) is 0 Å². The van der Waals surface area contributed by atoms with Gasteiger partial charge in [-0.25, -0.2) is 0 Å². The molecule has 92 valence electrons. The van der Waals surface area contributed by atoms with Crippen molar-refractivity contribution in [3.05, 3.63) is 35.9 Å². The molecule has 1 rings (SSSR count). The number of carboxylic acids is 1. The zero-order valence-electron chi connectivity index (χ0n) is 9.50. The Labute approximate surface area is 104 Å². The lowest BCUT2D eigenvalue weighted by molar-refractivity contribution is -0.136. The Kier molecular flexibility index (Phi) is 5.03. The summed E-state index contributed by atoms with van der Waals surface area (Å²) in [5.74, 6) is -1.43. The zero-order chi connectivity index (χ0) is 12.8. The van der Waals surface area contributed by atoms with Gasteiger partial charge in [0.1, 0.15) is 5.25 Å². The van der Waals surface area contributed by atoms with Crippen molar-refractivity contribution in [3.63, 3.8) is 0 Å². The second-order valence-electron chi connectivity index (χ2n) is 3.56. The molecular formula is C12H15NO3S. The summed E-state index contributed by atoms with van der Waals surface area (Å²) < 4.78 is 0. The lowest BCUT2D eigenvalue weighted by Crippen LogP contribution is -2.27. The molecule has 0 spiro atoms. The molecule has 1 aromatic rings. The molecule has 0 aliphatic heterocycles. The first-order valence-electron chi connectivity index (χ1n) is 5.28. The maximum absolute atomic E-state index is 11.2. The van der Waals surface area contributed by atoms with E-state index in [4.69, 9.17) is 5.73 Å². The first kappa shape index (κ1) is 13.6. The van der Waals surface area contributed by atoms with Crippen LogP contribution in [0.4, 0.5) is 0 Å². The van der Waals surface area contributed by atoms with Crippen LogP contribution in [0.1, 0.15) is 24.2 Å². The summed E-state index contributed by atoms with van der Waals surface area (Å²) in [4.78, 5) is 22.3. The highest BCUT2D eigenvalue weighted by molar-refractivity contribution is 8.01. The minimum atomic E-state index is -0.957. The first-order chi connectivity index (χ1) is 8.06. The van der Waals surface area contributed by atoms with Gasteiger partial charge in [-0.1, -0.05) is 37.3 Å². The number of hydrogen-bond acceptors (Lipinski definition) is 3. The highest BCUT2D eigenvalue weighted by Crippen LogP contribution is 2.33. The number of rotatable bonds is 6. The Morgan fingerprint density at radius 1 is 1.35 bits per heavy atom. The molecule has 0 bridgehead atoms. The Morgan fingerprint density at radius 2 is 1.94 bits per heavy atom. The number of carbonyl (C=O) groups is 2. The van der Waals surface area contributed by atoms with Crippen LogP contribution in [0.15, 0.2) is 30.3 Å². The highest BCUT2D eigenvalue weighted by Gasteiger charge is 2.26. The summed E-state index contributed by atoms with van der Waals surface area (Å²) in [5.41, 5.74) is 5.89. The van der Waals surface area contributed by atoms with Gasteiger partial charge >= 0.3 is 5.97 Å². The molecule has 0 heterocycles. The van der Waals surface area contributed by atoms with E-state index in [2.05, 4.69) is 0 Å². The molecule has 5 heteroatoms. The fourth-order valence-electron chi connectivity index (χ4n) is 1.44. The fourth-order valence-corrected chi connectivity index (χ4v) is 2.52. The molecule has 0 aliphatic rings. The van der Waals surface area contributed by atoms with Crippen LogP contribution in [-0.2, 0) is 9.59 Å². The topological polar surface area (TPSA) is 80.4 Å². The number of thioether (sulfide) groups is 1. The third-order valence-electron chi connectivity index (χ3n) is 2.32. The van der Waals surface area contributed by atoms with Gasteiger partial charge in [-0.2, -0.15) is 0 Å². The van der Waals surface area contributed by atoms with E-state index in [0.717, 1.165) is 11.8 Å². The van der Waals surface area contributed by atoms with E-state index in [1.807, 2.05) is 13.0 Å². The minimum Gasteiger partial charge on any atom is -0.480 e. The van der Waals surface area contributed by atoms with Crippen LogP contribution in [-0.4, -0.2) is 22.2 Å². The quantitative estimate of drug-likeness (QED) is 0.810. The van der Waals surface area contributed by atoms with Crippen molar-refractivity contribution in [1.29, 1.82) is 0 Å². The van der Waals surface area contributed by atoms with Crippen LogP contribution in [0.2, 0.25) is 0 Å². The van der Waals surface area contributed by atoms with E-state index in [1.54, 1.807) is 24.3 Å². The second kappa shape index (κ2) is 6.30. The average molecular weight is 253 g/mol. The summed E-state index contributed by atoms with van der Waals surface area (Å²) in [6, 6.07) is 8.84. The Morgan fingerprint density at radius 3 is 2.35 bits per heavy atom. The first-order valence-corrected chi connectivity index (χ1v) is 6.23. The number of primary amides is 1. The van der Waals surface area contributed by atoms with E-state index in [-0.39, 0.29) is 0 Å². The molecule has 0 radical (unpaired) electrons. The number of carbonyl (C=O) groups excluding carboxylic acids is 1. The molecule has 3 N–H and O–H groups in total. The standard InChI is InChI=1S/C12H15NO3S/c1-2-9(11(13)14)17-10(12(15)16)8-6-4-3-5-7-8/h3-7,9-10H,2H2,1H3,(H2,13,14)(H,15,16)/t9-,10-/m0/s1. The molecule has 1 amide bonds. The Hall–Kier alpha value is -1.49. The molecule has 17 heavy (non-hydrogen) atoms. The van der Waals surface area contributed by atoms with Crippen molar-refractivity contribution in [3.8, 4) is 0 Å². The van der Waals surface area contributed by atoms with Crippen molar-refractivity contribution in [1.82, 2.24) is 0 Å². The molecule has 0 fully saturated rings.